The van der Waals surface area contributed by atoms with Gasteiger partial charge in [-0.15, -0.1) is 0 Å². The molecule has 1 aromatic carbocycles. The molecule has 1 heterocycles. The van der Waals surface area contributed by atoms with Crippen molar-refractivity contribution in [3.05, 3.63) is 47.8 Å². The third-order valence-electron chi connectivity index (χ3n) is 2.54. The van der Waals surface area contributed by atoms with Gasteiger partial charge in [0.05, 0.1) is 0 Å². The zero-order chi connectivity index (χ0) is 14.5. The van der Waals surface area contributed by atoms with Crippen LogP contribution in [0, 0.1) is 6.92 Å². The lowest BCUT2D eigenvalue weighted by atomic mass is 10.3. The molecular formula is C15H18N4O. The minimum absolute atomic E-state index is 0.0725. The lowest BCUT2D eigenvalue weighted by molar-refractivity contribution is 0.0938. The highest BCUT2D eigenvalue weighted by atomic mass is 16.1. The molecule has 0 saturated carbocycles. The molecule has 0 unspecified atom stereocenters. The third-order valence-corrected chi connectivity index (χ3v) is 2.54. The Hall–Kier alpha value is -2.43. The first-order chi connectivity index (χ1) is 9.54. The Labute approximate surface area is 118 Å². The van der Waals surface area contributed by atoms with Gasteiger partial charge in [-0.3, -0.25) is 4.79 Å². The topological polar surface area (TPSA) is 66.9 Å². The number of aromatic nitrogens is 2. The maximum absolute atomic E-state index is 12.0. The van der Waals surface area contributed by atoms with E-state index >= 15 is 0 Å². The molecule has 0 radical (unpaired) electrons. The van der Waals surface area contributed by atoms with E-state index in [-0.39, 0.29) is 11.9 Å². The van der Waals surface area contributed by atoms with Gasteiger partial charge in [0.15, 0.2) is 0 Å². The zero-order valence-corrected chi connectivity index (χ0v) is 11.8. The number of aryl methyl sites for hydroxylation is 1. The number of hydrogen-bond donors (Lipinski definition) is 2. The molecule has 1 aromatic heterocycles. The maximum atomic E-state index is 12.0. The highest BCUT2D eigenvalue weighted by molar-refractivity contribution is 5.92. The van der Waals surface area contributed by atoms with E-state index in [1.165, 1.54) is 0 Å². The fourth-order valence-corrected chi connectivity index (χ4v) is 1.73. The number of amides is 1. The number of hydrogen-bond acceptors (Lipinski definition) is 4. The molecule has 2 aromatic rings. The van der Waals surface area contributed by atoms with E-state index in [1.807, 2.05) is 51.1 Å². The molecule has 2 rings (SSSR count). The summed E-state index contributed by atoms with van der Waals surface area (Å²) in [4.78, 5) is 20.5. The molecule has 0 fully saturated rings. The first kappa shape index (κ1) is 14.0. The van der Waals surface area contributed by atoms with Crippen LogP contribution in [0.25, 0.3) is 0 Å². The van der Waals surface area contributed by atoms with E-state index in [9.17, 15) is 4.79 Å². The first-order valence-corrected chi connectivity index (χ1v) is 6.53. The van der Waals surface area contributed by atoms with Crippen molar-refractivity contribution in [2.24, 2.45) is 0 Å². The summed E-state index contributed by atoms with van der Waals surface area (Å²) < 4.78 is 0. The van der Waals surface area contributed by atoms with Gasteiger partial charge in [-0.2, -0.15) is 0 Å². The van der Waals surface area contributed by atoms with Crippen LogP contribution in [0.2, 0.25) is 0 Å². The molecule has 104 valence electrons. The normalized spacial score (nSPS) is 10.4. The molecule has 0 spiro atoms. The molecule has 0 saturated heterocycles. The minimum atomic E-state index is -0.193. The third kappa shape index (κ3) is 3.78. The summed E-state index contributed by atoms with van der Waals surface area (Å²) in [6, 6.07) is 11.4. The lowest BCUT2D eigenvalue weighted by Crippen LogP contribution is -2.31. The fraction of sp³-hybridized carbons (Fsp3) is 0.267. The number of anilines is 2. The van der Waals surface area contributed by atoms with Crippen molar-refractivity contribution < 1.29 is 4.79 Å². The van der Waals surface area contributed by atoms with Gasteiger partial charge in [0, 0.05) is 17.4 Å². The quantitative estimate of drug-likeness (QED) is 0.896. The van der Waals surface area contributed by atoms with Gasteiger partial charge in [0.2, 0.25) is 5.95 Å². The van der Waals surface area contributed by atoms with E-state index in [4.69, 9.17) is 0 Å². The van der Waals surface area contributed by atoms with Crippen molar-refractivity contribution in [3.8, 4) is 0 Å². The van der Waals surface area contributed by atoms with Gasteiger partial charge in [0.25, 0.3) is 5.91 Å². The van der Waals surface area contributed by atoms with Crippen LogP contribution in [-0.2, 0) is 0 Å². The van der Waals surface area contributed by atoms with E-state index in [2.05, 4.69) is 20.6 Å². The second-order valence-corrected chi connectivity index (χ2v) is 4.84. The molecule has 0 bridgehead atoms. The van der Waals surface area contributed by atoms with Crippen LogP contribution in [-0.4, -0.2) is 21.9 Å². The number of carbonyl (C=O) groups excluding carboxylic acids is 1. The summed E-state index contributed by atoms with van der Waals surface area (Å²) in [5.74, 6) is 0.228. The number of nitrogens with one attached hydrogen (secondary N) is 2. The van der Waals surface area contributed by atoms with Crippen LogP contribution in [0.15, 0.2) is 36.4 Å². The molecular weight excluding hydrogens is 252 g/mol. The summed E-state index contributed by atoms with van der Waals surface area (Å²) >= 11 is 0. The largest absolute Gasteiger partial charge is 0.349 e. The van der Waals surface area contributed by atoms with E-state index < -0.39 is 0 Å². The molecule has 0 aliphatic heterocycles. The number of nitrogens with zero attached hydrogens (tertiary/aromatic N) is 2. The van der Waals surface area contributed by atoms with Gasteiger partial charge < -0.3 is 10.6 Å². The van der Waals surface area contributed by atoms with Crippen molar-refractivity contribution in [1.29, 1.82) is 0 Å². The Bertz CT molecular complexity index is 596. The van der Waals surface area contributed by atoms with Crippen molar-refractivity contribution >= 4 is 17.5 Å². The molecule has 5 heteroatoms. The van der Waals surface area contributed by atoms with Gasteiger partial charge in [0.1, 0.15) is 5.69 Å². The molecule has 1 amide bonds. The molecule has 5 nitrogen and oxygen atoms in total. The molecule has 20 heavy (non-hydrogen) atoms. The molecule has 0 aliphatic rings. The predicted molar refractivity (Wildman–Crippen MR) is 79.1 cm³/mol. The number of rotatable bonds is 4. The van der Waals surface area contributed by atoms with Crippen molar-refractivity contribution in [2.45, 2.75) is 26.8 Å². The van der Waals surface area contributed by atoms with Crippen LogP contribution in [0.1, 0.15) is 30.0 Å². The van der Waals surface area contributed by atoms with Crippen LogP contribution in [0.5, 0.6) is 0 Å². The monoisotopic (exact) mass is 270 g/mol. The molecule has 2 N–H and O–H groups in total. The number of carbonyl (C=O) groups is 1. The lowest BCUT2D eigenvalue weighted by Gasteiger charge is -2.10. The van der Waals surface area contributed by atoms with Crippen molar-refractivity contribution in [3.63, 3.8) is 0 Å². The maximum Gasteiger partial charge on any atom is 0.270 e. The van der Waals surface area contributed by atoms with E-state index in [0.717, 1.165) is 11.4 Å². The van der Waals surface area contributed by atoms with Gasteiger partial charge in [-0.1, -0.05) is 18.2 Å². The average Bonchev–Trinajstić information content (AvgIpc) is 2.38. The second-order valence-electron chi connectivity index (χ2n) is 4.84. The molecule has 0 atom stereocenters. The minimum Gasteiger partial charge on any atom is -0.349 e. The Morgan fingerprint density at radius 3 is 2.50 bits per heavy atom. The average molecular weight is 270 g/mol. The van der Waals surface area contributed by atoms with Crippen molar-refractivity contribution in [1.82, 2.24) is 15.3 Å². The van der Waals surface area contributed by atoms with Gasteiger partial charge in [-0.25, -0.2) is 9.97 Å². The summed E-state index contributed by atoms with van der Waals surface area (Å²) in [5.41, 5.74) is 1.99. The highest BCUT2D eigenvalue weighted by Gasteiger charge is 2.11. The Morgan fingerprint density at radius 1 is 1.15 bits per heavy atom. The summed E-state index contributed by atoms with van der Waals surface area (Å²) in [6.45, 7) is 5.66. The number of benzene rings is 1. The van der Waals surface area contributed by atoms with Gasteiger partial charge >= 0.3 is 0 Å². The SMILES string of the molecule is Cc1cc(C(=O)NC(C)C)nc(Nc2ccccc2)n1. The van der Waals surface area contributed by atoms with Crippen LogP contribution in [0.4, 0.5) is 11.6 Å². The number of para-hydroxylation sites is 1. The Kier molecular flexibility index (Phi) is 4.30. The Morgan fingerprint density at radius 2 is 1.85 bits per heavy atom. The van der Waals surface area contributed by atoms with Gasteiger partial charge in [-0.05, 0) is 39.0 Å². The van der Waals surface area contributed by atoms with Crippen LogP contribution in [0.3, 0.4) is 0 Å². The highest BCUT2D eigenvalue weighted by Crippen LogP contribution is 2.13. The fourth-order valence-electron chi connectivity index (χ4n) is 1.73. The Balaban J connectivity index is 2.22. The first-order valence-electron chi connectivity index (χ1n) is 6.53. The smallest absolute Gasteiger partial charge is 0.270 e. The zero-order valence-electron chi connectivity index (χ0n) is 11.8. The van der Waals surface area contributed by atoms with Crippen LogP contribution < -0.4 is 10.6 Å². The second kappa shape index (κ2) is 6.14. The molecule has 0 aliphatic carbocycles. The van der Waals surface area contributed by atoms with E-state index in [0.29, 0.717) is 11.6 Å². The van der Waals surface area contributed by atoms with Crippen LogP contribution >= 0.6 is 0 Å². The van der Waals surface area contributed by atoms with E-state index in [1.54, 1.807) is 6.07 Å². The summed E-state index contributed by atoms with van der Waals surface area (Å²) in [7, 11) is 0. The van der Waals surface area contributed by atoms with Crippen molar-refractivity contribution in [2.75, 3.05) is 5.32 Å². The summed E-state index contributed by atoms with van der Waals surface area (Å²) in [5, 5.41) is 5.91. The predicted octanol–water partition coefficient (Wildman–Crippen LogP) is 2.67. The summed E-state index contributed by atoms with van der Waals surface area (Å²) in [6.07, 6.45) is 0. The standard InChI is InChI=1S/C15H18N4O/c1-10(2)16-14(20)13-9-11(3)17-15(19-13)18-12-7-5-4-6-8-12/h4-10H,1-3H3,(H,16,20)(H,17,18,19).